The standard InChI is InChI=1S/C28H33N3O7S3/c1-4-38-27(35)24-18-8-6-5-7-9-20(18)40-25(24)29-22(32)15-39-16-23(33)30-28-31(12-13-36-2)19-11-10-17(26(34)37-3)14-21(19)41-28/h10-11,14H,4-9,12-13,15-16H2,1-3H3,(H,29,32). The number of thioether (sulfide) groups is 1. The first-order valence-electron chi connectivity index (χ1n) is 13.3. The van der Waals surface area contributed by atoms with E-state index in [-0.39, 0.29) is 29.9 Å². The summed E-state index contributed by atoms with van der Waals surface area (Å²) in [6, 6.07) is 5.18. The Labute approximate surface area is 250 Å². The van der Waals surface area contributed by atoms with Crippen molar-refractivity contribution in [3.63, 3.8) is 0 Å². The molecule has 0 saturated carbocycles. The lowest BCUT2D eigenvalue weighted by Crippen LogP contribution is -2.20. The Morgan fingerprint density at radius 2 is 1.85 bits per heavy atom. The van der Waals surface area contributed by atoms with Gasteiger partial charge in [0.2, 0.25) is 5.91 Å². The summed E-state index contributed by atoms with van der Waals surface area (Å²) in [5.74, 6) is -1.50. The Morgan fingerprint density at radius 1 is 1.05 bits per heavy atom. The largest absolute Gasteiger partial charge is 0.465 e. The SMILES string of the molecule is CCOC(=O)c1c(NC(=O)CSCC(=O)N=c2sc3cc(C(=O)OC)ccc3n2CCOC)sc2c1CCCCC2. The molecule has 0 spiro atoms. The average Bonchev–Trinajstić information content (AvgIpc) is 3.37. The van der Waals surface area contributed by atoms with Gasteiger partial charge >= 0.3 is 11.9 Å². The zero-order valence-corrected chi connectivity index (χ0v) is 25.7. The normalized spacial score (nSPS) is 13.5. The van der Waals surface area contributed by atoms with Crippen LogP contribution in [0.3, 0.4) is 0 Å². The molecule has 0 saturated heterocycles. The second-order valence-electron chi connectivity index (χ2n) is 9.24. The van der Waals surface area contributed by atoms with Crippen LogP contribution in [0, 0.1) is 0 Å². The van der Waals surface area contributed by atoms with Crippen molar-refractivity contribution in [1.82, 2.24) is 4.57 Å². The number of nitrogens with one attached hydrogen (secondary N) is 1. The van der Waals surface area contributed by atoms with Gasteiger partial charge in [-0.3, -0.25) is 9.59 Å². The zero-order chi connectivity index (χ0) is 29.4. The van der Waals surface area contributed by atoms with Crippen molar-refractivity contribution in [2.75, 3.05) is 44.3 Å². The van der Waals surface area contributed by atoms with E-state index in [9.17, 15) is 19.2 Å². The van der Waals surface area contributed by atoms with E-state index in [0.29, 0.717) is 34.1 Å². The molecule has 13 heteroatoms. The first-order valence-corrected chi connectivity index (χ1v) is 16.1. The number of benzene rings is 1. The van der Waals surface area contributed by atoms with Gasteiger partial charge in [0, 0.05) is 18.5 Å². The third-order valence-corrected chi connectivity index (χ3v) is 9.62. The molecular weight excluding hydrogens is 587 g/mol. The number of rotatable bonds is 11. The molecule has 0 fully saturated rings. The van der Waals surface area contributed by atoms with E-state index >= 15 is 0 Å². The monoisotopic (exact) mass is 619 g/mol. The molecule has 1 aromatic carbocycles. The van der Waals surface area contributed by atoms with Crippen LogP contribution in [0.15, 0.2) is 23.2 Å². The summed E-state index contributed by atoms with van der Waals surface area (Å²) in [6.07, 6.45) is 4.86. The average molecular weight is 620 g/mol. The number of ether oxygens (including phenoxy) is 3. The number of thiazole rings is 1. The fraction of sp³-hybridized carbons (Fsp3) is 0.464. The van der Waals surface area contributed by atoms with Crippen molar-refractivity contribution in [3.05, 3.63) is 44.6 Å². The van der Waals surface area contributed by atoms with Crippen LogP contribution in [0.4, 0.5) is 5.00 Å². The minimum Gasteiger partial charge on any atom is -0.465 e. The van der Waals surface area contributed by atoms with Crippen LogP contribution in [0.2, 0.25) is 0 Å². The molecule has 220 valence electrons. The molecule has 1 aliphatic rings. The lowest BCUT2D eigenvalue weighted by molar-refractivity contribution is -0.115. The van der Waals surface area contributed by atoms with Crippen LogP contribution in [-0.4, -0.2) is 67.3 Å². The molecule has 0 unspecified atom stereocenters. The highest BCUT2D eigenvalue weighted by Crippen LogP contribution is 2.38. The van der Waals surface area contributed by atoms with E-state index in [4.69, 9.17) is 14.2 Å². The van der Waals surface area contributed by atoms with Crippen molar-refractivity contribution in [2.45, 2.75) is 45.6 Å². The van der Waals surface area contributed by atoms with E-state index in [1.165, 1.54) is 29.8 Å². The highest BCUT2D eigenvalue weighted by molar-refractivity contribution is 8.00. The van der Waals surface area contributed by atoms with Crippen LogP contribution in [0.5, 0.6) is 0 Å². The highest BCUT2D eigenvalue weighted by Gasteiger charge is 2.26. The van der Waals surface area contributed by atoms with Gasteiger partial charge in [0.15, 0.2) is 4.80 Å². The van der Waals surface area contributed by atoms with Crippen LogP contribution >= 0.6 is 34.4 Å². The lowest BCUT2D eigenvalue weighted by atomic mass is 10.1. The number of fused-ring (bicyclic) bond motifs is 2. The molecule has 1 N–H and O–H groups in total. The fourth-order valence-electron chi connectivity index (χ4n) is 4.58. The van der Waals surface area contributed by atoms with E-state index < -0.39 is 11.9 Å². The van der Waals surface area contributed by atoms with Crippen LogP contribution < -0.4 is 10.1 Å². The molecule has 2 heterocycles. The molecule has 0 radical (unpaired) electrons. The van der Waals surface area contributed by atoms with E-state index in [1.54, 1.807) is 32.2 Å². The Hall–Kier alpha value is -3.00. The molecule has 10 nitrogen and oxygen atoms in total. The number of anilines is 1. The van der Waals surface area contributed by atoms with Crippen molar-refractivity contribution in [2.24, 2.45) is 4.99 Å². The number of aromatic nitrogens is 1. The van der Waals surface area contributed by atoms with Gasteiger partial charge in [-0.25, -0.2) is 9.59 Å². The third kappa shape index (κ3) is 7.64. The summed E-state index contributed by atoms with van der Waals surface area (Å²) in [7, 11) is 2.92. The minimum absolute atomic E-state index is 0.00499. The van der Waals surface area contributed by atoms with Gasteiger partial charge in [-0.2, -0.15) is 4.99 Å². The number of thiophene rings is 1. The van der Waals surface area contributed by atoms with Crippen molar-refractivity contribution < 1.29 is 33.4 Å². The molecule has 4 rings (SSSR count). The predicted molar refractivity (Wildman–Crippen MR) is 161 cm³/mol. The van der Waals surface area contributed by atoms with Crippen LogP contribution in [0.1, 0.15) is 57.3 Å². The second-order valence-corrected chi connectivity index (χ2v) is 12.3. The number of nitrogens with zero attached hydrogens (tertiary/aromatic N) is 2. The predicted octanol–water partition coefficient (Wildman–Crippen LogP) is 4.44. The number of amides is 2. The summed E-state index contributed by atoms with van der Waals surface area (Å²) in [4.78, 5) is 56.2. The molecule has 2 aromatic heterocycles. The first-order chi connectivity index (χ1) is 19.9. The van der Waals surface area contributed by atoms with Gasteiger partial charge in [-0.1, -0.05) is 17.8 Å². The number of methoxy groups -OCH3 is 2. The molecule has 0 aliphatic heterocycles. The summed E-state index contributed by atoms with van der Waals surface area (Å²) >= 11 is 3.89. The second kappa shape index (κ2) is 14.8. The molecule has 0 atom stereocenters. The van der Waals surface area contributed by atoms with Gasteiger partial charge < -0.3 is 24.1 Å². The van der Waals surface area contributed by atoms with Crippen LogP contribution in [-0.2, 0) is 43.2 Å². The Morgan fingerprint density at radius 3 is 2.61 bits per heavy atom. The number of carbonyl (C=O) groups is 4. The van der Waals surface area contributed by atoms with E-state index in [0.717, 1.165) is 64.5 Å². The van der Waals surface area contributed by atoms with Crippen molar-refractivity contribution in [1.29, 1.82) is 0 Å². The number of carbonyl (C=O) groups excluding carboxylic acids is 4. The van der Waals surface area contributed by atoms with Gasteiger partial charge in [0.05, 0.1) is 53.2 Å². The summed E-state index contributed by atoms with van der Waals surface area (Å²) in [5.41, 5.74) is 2.70. The number of hydrogen-bond donors (Lipinski definition) is 1. The Balaban J connectivity index is 1.44. The maximum absolute atomic E-state index is 12.8. The zero-order valence-electron chi connectivity index (χ0n) is 23.3. The Bertz CT molecular complexity index is 1510. The van der Waals surface area contributed by atoms with Gasteiger partial charge in [0.1, 0.15) is 5.00 Å². The highest BCUT2D eigenvalue weighted by atomic mass is 32.2. The number of aryl methyl sites for hydroxylation is 1. The van der Waals surface area contributed by atoms with E-state index in [1.807, 2.05) is 4.57 Å². The Kier molecular flexibility index (Phi) is 11.1. The first kappa shape index (κ1) is 30.9. The van der Waals surface area contributed by atoms with Crippen molar-refractivity contribution >= 4 is 73.4 Å². The molecule has 2 amide bonds. The van der Waals surface area contributed by atoms with Gasteiger partial charge in [-0.15, -0.1) is 23.1 Å². The quantitative estimate of drug-likeness (QED) is 0.247. The lowest BCUT2D eigenvalue weighted by Gasteiger charge is -2.08. The smallest absolute Gasteiger partial charge is 0.341 e. The summed E-state index contributed by atoms with van der Waals surface area (Å²) in [6.45, 7) is 2.91. The van der Waals surface area contributed by atoms with Crippen LogP contribution in [0.25, 0.3) is 10.2 Å². The molecule has 3 aromatic rings. The van der Waals surface area contributed by atoms with Crippen molar-refractivity contribution in [3.8, 4) is 0 Å². The maximum Gasteiger partial charge on any atom is 0.341 e. The molecular formula is C28H33N3O7S3. The molecule has 41 heavy (non-hydrogen) atoms. The number of hydrogen-bond acceptors (Lipinski definition) is 10. The topological polar surface area (TPSA) is 125 Å². The number of esters is 2. The van der Waals surface area contributed by atoms with E-state index in [2.05, 4.69) is 10.3 Å². The van der Waals surface area contributed by atoms with Gasteiger partial charge in [-0.05, 0) is 56.4 Å². The summed E-state index contributed by atoms with van der Waals surface area (Å²) in [5, 5.41) is 3.40. The third-order valence-electron chi connectivity index (χ3n) is 6.46. The molecule has 0 bridgehead atoms. The molecule has 1 aliphatic carbocycles. The maximum atomic E-state index is 12.8. The fourth-order valence-corrected chi connectivity index (χ4v) is 7.59. The summed E-state index contributed by atoms with van der Waals surface area (Å²) < 4.78 is 18.0. The minimum atomic E-state index is -0.444. The van der Waals surface area contributed by atoms with Gasteiger partial charge in [0.25, 0.3) is 5.91 Å².